The first-order chi connectivity index (χ1) is 15.7. The van der Waals surface area contributed by atoms with Crippen molar-refractivity contribution in [1.82, 2.24) is 5.32 Å². The van der Waals surface area contributed by atoms with Gasteiger partial charge in [0, 0.05) is 17.8 Å². The van der Waals surface area contributed by atoms with Crippen LogP contribution in [0.25, 0.3) is 6.08 Å². The van der Waals surface area contributed by atoms with Gasteiger partial charge in [-0.1, -0.05) is 13.8 Å². The average Bonchev–Trinajstić information content (AvgIpc) is 3.11. The third-order valence-corrected chi connectivity index (χ3v) is 7.37. The third kappa shape index (κ3) is 4.81. The Bertz CT molecular complexity index is 1120. The van der Waals surface area contributed by atoms with Gasteiger partial charge in [-0.15, -0.1) is 0 Å². The molecule has 2 aliphatic heterocycles. The number of benzene rings is 2. The maximum absolute atomic E-state index is 12.7. The smallest absolute Gasteiger partial charge is 0.264 e. The molecule has 174 valence electrons. The molecule has 0 saturated carbocycles. The van der Waals surface area contributed by atoms with Gasteiger partial charge in [0.05, 0.1) is 17.7 Å². The van der Waals surface area contributed by atoms with Crippen LogP contribution in [0.15, 0.2) is 46.3 Å². The van der Waals surface area contributed by atoms with Crippen molar-refractivity contribution in [2.45, 2.75) is 58.9 Å². The highest BCUT2D eigenvalue weighted by Crippen LogP contribution is 2.45. The number of carbonyl (C=O) groups is 1. The molecular weight excluding hydrogens is 430 g/mol. The van der Waals surface area contributed by atoms with E-state index in [-0.39, 0.29) is 11.4 Å². The largest absolute Gasteiger partial charge is 0.497 e. The highest BCUT2D eigenvalue weighted by atomic mass is 32.2. The fraction of sp³-hybridized carbons (Fsp3) is 0.407. The summed E-state index contributed by atoms with van der Waals surface area (Å²) >= 11 is 1.38. The lowest BCUT2D eigenvalue weighted by Crippen LogP contribution is -2.48. The van der Waals surface area contributed by atoms with Crippen molar-refractivity contribution in [3.63, 3.8) is 0 Å². The molecule has 1 saturated heterocycles. The second-order valence-electron chi connectivity index (χ2n) is 9.52. The van der Waals surface area contributed by atoms with Crippen LogP contribution >= 0.6 is 11.8 Å². The standard InChI is InChI=1S/C27H33N3O2S/c1-7-12-30-23-13-17(2)19(14-22(23)18(3)16-27(30,4)5)15-24-25(31)29-26(33-24)28-20-8-10-21(32-6)11-9-20/h8-11,13-15,18H,7,12,16H2,1-6H3,(H,28,29,31)/b24-15+. The Labute approximate surface area is 201 Å². The van der Waals surface area contributed by atoms with Gasteiger partial charge in [0.15, 0.2) is 5.17 Å². The lowest BCUT2D eigenvalue weighted by atomic mass is 9.79. The van der Waals surface area contributed by atoms with Gasteiger partial charge in [0.1, 0.15) is 5.75 Å². The van der Waals surface area contributed by atoms with E-state index in [1.54, 1.807) is 7.11 Å². The summed E-state index contributed by atoms with van der Waals surface area (Å²) in [6.07, 6.45) is 4.24. The molecule has 2 heterocycles. The average molecular weight is 464 g/mol. The van der Waals surface area contributed by atoms with Crippen molar-refractivity contribution < 1.29 is 9.53 Å². The first-order valence-corrected chi connectivity index (χ1v) is 12.4. The number of amides is 1. The number of hydrogen-bond acceptors (Lipinski definition) is 5. The number of carbonyl (C=O) groups excluding carboxylic acids is 1. The monoisotopic (exact) mass is 463 g/mol. The number of fused-ring (bicyclic) bond motifs is 1. The molecule has 4 rings (SSSR count). The summed E-state index contributed by atoms with van der Waals surface area (Å²) in [6.45, 7) is 12.4. The highest BCUT2D eigenvalue weighted by Gasteiger charge is 2.36. The van der Waals surface area contributed by atoms with Gasteiger partial charge < -0.3 is 15.0 Å². The Morgan fingerprint density at radius 1 is 1.27 bits per heavy atom. The number of ether oxygens (including phenoxy) is 1. The minimum atomic E-state index is -0.105. The van der Waals surface area contributed by atoms with Gasteiger partial charge in [-0.2, -0.15) is 0 Å². The van der Waals surface area contributed by atoms with Crippen LogP contribution in [-0.4, -0.2) is 30.3 Å². The van der Waals surface area contributed by atoms with Crippen LogP contribution in [0.3, 0.4) is 0 Å². The molecule has 0 spiro atoms. The molecule has 1 atom stereocenters. The Morgan fingerprint density at radius 3 is 2.67 bits per heavy atom. The van der Waals surface area contributed by atoms with Crippen molar-refractivity contribution in [2.75, 3.05) is 18.6 Å². The van der Waals surface area contributed by atoms with E-state index in [4.69, 9.17) is 4.74 Å². The van der Waals surface area contributed by atoms with E-state index in [0.717, 1.165) is 36.4 Å². The lowest BCUT2D eigenvalue weighted by molar-refractivity contribution is -0.115. The molecule has 0 bridgehead atoms. The summed E-state index contributed by atoms with van der Waals surface area (Å²) in [6, 6.07) is 12.1. The fourth-order valence-corrected chi connectivity index (χ4v) is 5.68. The summed E-state index contributed by atoms with van der Waals surface area (Å²) in [5.74, 6) is 1.14. The zero-order valence-corrected chi connectivity index (χ0v) is 21.2. The summed E-state index contributed by atoms with van der Waals surface area (Å²) in [4.78, 5) is 20.5. The Hall–Kier alpha value is -2.73. The van der Waals surface area contributed by atoms with Crippen LogP contribution in [0.2, 0.25) is 0 Å². The van der Waals surface area contributed by atoms with Gasteiger partial charge in [-0.3, -0.25) is 4.79 Å². The maximum atomic E-state index is 12.7. The van der Waals surface area contributed by atoms with E-state index >= 15 is 0 Å². The fourth-order valence-electron chi connectivity index (χ4n) is 4.85. The SMILES string of the molecule is CCCN1c2cc(C)c(/C=C3/SC(=Nc4ccc(OC)cc4)NC3=O)cc2C(C)CC1(C)C. The van der Waals surface area contributed by atoms with Gasteiger partial charge in [0.2, 0.25) is 0 Å². The van der Waals surface area contributed by atoms with Gasteiger partial charge in [-0.25, -0.2) is 4.99 Å². The molecule has 0 aliphatic carbocycles. The lowest BCUT2D eigenvalue weighted by Gasteiger charge is -2.48. The van der Waals surface area contributed by atoms with Crippen LogP contribution < -0.4 is 15.0 Å². The summed E-state index contributed by atoms with van der Waals surface area (Å²) < 4.78 is 5.19. The zero-order chi connectivity index (χ0) is 23.8. The van der Waals surface area contributed by atoms with E-state index < -0.39 is 0 Å². The Balaban J connectivity index is 1.63. The molecule has 6 heteroatoms. The van der Waals surface area contributed by atoms with Gasteiger partial charge >= 0.3 is 0 Å². The maximum Gasteiger partial charge on any atom is 0.264 e. The summed E-state index contributed by atoms with van der Waals surface area (Å²) in [5, 5.41) is 3.49. The number of nitrogens with zero attached hydrogens (tertiary/aromatic N) is 2. The quantitative estimate of drug-likeness (QED) is 0.522. The number of nitrogens with one attached hydrogen (secondary N) is 1. The van der Waals surface area contributed by atoms with Crippen LogP contribution in [0.4, 0.5) is 11.4 Å². The number of aryl methyl sites for hydroxylation is 1. The van der Waals surface area contributed by atoms with Crippen molar-refractivity contribution in [3.05, 3.63) is 58.0 Å². The van der Waals surface area contributed by atoms with Crippen molar-refractivity contribution in [2.24, 2.45) is 4.99 Å². The third-order valence-electron chi connectivity index (χ3n) is 6.46. The summed E-state index contributed by atoms with van der Waals surface area (Å²) in [5.41, 5.74) is 5.91. The van der Waals surface area contributed by atoms with Crippen LogP contribution in [0, 0.1) is 6.92 Å². The molecule has 2 aromatic carbocycles. The topological polar surface area (TPSA) is 53.9 Å². The number of methoxy groups -OCH3 is 1. The highest BCUT2D eigenvalue weighted by molar-refractivity contribution is 8.18. The molecule has 33 heavy (non-hydrogen) atoms. The van der Waals surface area contributed by atoms with Gasteiger partial charge in [0.25, 0.3) is 5.91 Å². The van der Waals surface area contributed by atoms with Crippen molar-refractivity contribution >= 4 is 40.3 Å². The molecule has 1 amide bonds. The van der Waals surface area contributed by atoms with Gasteiger partial charge in [-0.05, 0) is 110 Å². The second kappa shape index (κ2) is 9.26. The minimum Gasteiger partial charge on any atom is -0.497 e. The number of aliphatic imine (C=N–C) groups is 1. The number of hydrogen-bond donors (Lipinski definition) is 1. The van der Waals surface area contributed by atoms with Crippen molar-refractivity contribution in [3.8, 4) is 5.75 Å². The first kappa shape index (κ1) is 23.4. The Kier molecular flexibility index (Phi) is 6.57. The molecule has 1 N–H and O–H groups in total. The number of rotatable bonds is 5. The zero-order valence-electron chi connectivity index (χ0n) is 20.4. The minimum absolute atomic E-state index is 0.105. The predicted molar refractivity (Wildman–Crippen MR) is 140 cm³/mol. The summed E-state index contributed by atoms with van der Waals surface area (Å²) in [7, 11) is 1.64. The van der Waals surface area contributed by atoms with E-state index in [0.29, 0.717) is 16.0 Å². The Morgan fingerprint density at radius 2 is 2.00 bits per heavy atom. The molecule has 5 nitrogen and oxygen atoms in total. The van der Waals surface area contributed by atoms with E-state index in [1.165, 1.54) is 28.6 Å². The van der Waals surface area contributed by atoms with Crippen LogP contribution in [0.5, 0.6) is 5.75 Å². The van der Waals surface area contributed by atoms with E-state index in [9.17, 15) is 4.79 Å². The van der Waals surface area contributed by atoms with Crippen LogP contribution in [0.1, 0.15) is 63.1 Å². The molecule has 1 unspecified atom stereocenters. The normalized spacial score (nSPS) is 21.9. The van der Waals surface area contributed by atoms with E-state index in [1.807, 2.05) is 30.3 Å². The molecule has 2 aliphatic rings. The van der Waals surface area contributed by atoms with Crippen LogP contribution in [-0.2, 0) is 4.79 Å². The molecule has 0 radical (unpaired) electrons. The van der Waals surface area contributed by atoms with E-state index in [2.05, 4.69) is 62.0 Å². The molecule has 0 aromatic heterocycles. The molecule has 2 aromatic rings. The second-order valence-corrected chi connectivity index (χ2v) is 10.5. The molecule has 1 fully saturated rings. The van der Waals surface area contributed by atoms with Crippen molar-refractivity contribution in [1.29, 1.82) is 0 Å². The number of thioether (sulfide) groups is 1. The number of anilines is 1. The predicted octanol–water partition coefficient (Wildman–Crippen LogP) is 6.40. The molecular formula is C27H33N3O2S. The number of amidine groups is 1. The first-order valence-electron chi connectivity index (χ1n) is 11.6.